The van der Waals surface area contributed by atoms with Crippen LogP contribution < -0.4 is 0 Å². The second kappa shape index (κ2) is 11.2. The monoisotopic (exact) mass is 623 g/mol. The van der Waals surface area contributed by atoms with E-state index in [1.54, 1.807) is 0 Å². The van der Waals surface area contributed by atoms with Crippen molar-refractivity contribution in [1.29, 1.82) is 0 Å². The molecular weight excluding hydrogens is 562 g/mol. The summed E-state index contributed by atoms with van der Waals surface area (Å²) in [6.07, 6.45) is 11.8. The Kier molecular flexibility index (Phi) is 8.26. The van der Waals surface area contributed by atoms with E-state index < -0.39 is 22.9 Å². The summed E-state index contributed by atoms with van der Waals surface area (Å²) < 4.78 is 6.54. The molecule has 4 saturated carbocycles. The van der Waals surface area contributed by atoms with Crippen LogP contribution in [0, 0.1) is 62.6 Å². The largest absolute Gasteiger partial charge is 0.481 e. The average Bonchev–Trinajstić information content (AvgIpc) is 2.95. The van der Waals surface area contributed by atoms with E-state index in [9.17, 15) is 19.5 Å². The maximum Gasteiger partial charge on any atom is 0.320 e. The Morgan fingerprint density at radius 2 is 1.60 bits per heavy atom. The molecule has 6 heteroatoms. The molecule has 0 aromatic heterocycles. The predicted molar refractivity (Wildman–Crippen MR) is 176 cm³/mol. The van der Waals surface area contributed by atoms with Crippen LogP contribution in [0.25, 0.3) is 0 Å². The number of hydrogen-bond donors (Lipinski definition) is 1. The minimum atomic E-state index is -0.779. The number of likely N-dealkylation sites (tertiary alicyclic amines) is 1. The van der Waals surface area contributed by atoms with Crippen molar-refractivity contribution in [1.82, 2.24) is 4.90 Å². The minimum absolute atomic E-state index is 0.00783. The first-order chi connectivity index (χ1) is 21.0. The van der Waals surface area contributed by atoms with E-state index in [4.69, 9.17) is 4.74 Å². The van der Waals surface area contributed by atoms with Gasteiger partial charge in [-0.1, -0.05) is 61.0 Å². The van der Waals surface area contributed by atoms with Crippen LogP contribution in [0.15, 0.2) is 11.6 Å². The van der Waals surface area contributed by atoms with Crippen LogP contribution in [0.3, 0.4) is 0 Å². The molecule has 6 aliphatic rings. The molecule has 252 valence electrons. The molecule has 6 nitrogen and oxygen atoms in total. The molecule has 0 spiro atoms. The summed E-state index contributed by atoms with van der Waals surface area (Å²) in [4.78, 5) is 43.0. The molecule has 11 atom stereocenters. The summed E-state index contributed by atoms with van der Waals surface area (Å²) in [5.41, 5.74) is 0.160. The summed E-state index contributed by atoms with van der Waals surface area (Å²) in [5.74, 6) is 1.21. The standard InChI is InChI=1S/C39H61NO5/c1-24-12-19-40(20-13-24)23-32(44)45-30-11-15-36(5,22-31(42)43)29-10-16-38(7)34(39(29,30)8)28(41)21-27-33-26(3)25(2)9-14-35(33,4)17-18-37(27,38)6/h21,24-26,29-30,33-34H,9-20,22-23H2,1-8H3,(H,42,43)/t25-,26+,29+,30?,33+,34+,35-,36?,37-,38-,39-/m1/s1. The van der Waals surface area contributed by atoms with Crippen LogP contribution in [0.2, 0.25) is 0 Å². The molecule has 5 fully saturated rings. The van der Waals surface area contributed by atoms with E-state index >= 15 is 0 Å². The van der Waals surface area contributed by atoms with Gasteiger partial charge in [0.1, 0.15) is 6.10 Å². The topological polar surface area (TPSA) is 83.9 Å². The van der Waals surface area contributed by atoms with Crippen LogP contribution in [0.1, 0.15) is 126 Å². The van der Waals surface area contributed by atoms with Gasteiger partial charge in [0.05, 0.1) is 13.0 Å². The summed E-state index contributed by atoms with van der Waals surface area (Å²) in [6.45, 7) is 20.9. The zero-order valence-corrected chi connectivity index (χ0v) is 29.5. The van der Waals surface area contributed by atoms with Gasteiger partial charge in [0, 0.05) is 11.3 Å². The lowest BCUT2D eigenvalue weighted by molar-refractivity contribution is -0.229. The van der Waals surface area contributed by atoms with Crippen molar-refractivity contribution in [3.05, 3.63) is 11.6 Å². The van der Waals surface area contributed by atoms with E-state index in [2.05, 4.69) is 66.4 Å². The quantitative estimate of drug-likeness (QED) is 0.313. The van der Waals surface area contributed by atoms with Crippen molar-refractivity contribution in [2.45, 2.75) is 132 Å². The van der Waals surface area contributed by atoms with Gasteiger partial charge in [0.2, 0.25) is 0 Å². The molecule has 0 bridgehead atoms. The number of nitrogens with zero attached hydrogens (tertiary/aromatic N) is 1. The summed E-state index contributed by atoms with van der Waals surface area (Å²) in [7, 11) is 0. The number of aliphatic carboxylic acids is 1. The Morgan fingerprint density at radius 1 is 0.911 bits per heavy atom. The maximum atomic E-state index is 14.9. The minimum Gasteiger partial charge on any atom is -0.481 e. The second-order valence-electron chi connectivity index (χ2n) is 18.3. The van der Waals surface area contributed by atoms with E-state index in [1.165, 1.54) is 24.8 Å². The number of rotatable bonds is 5. The molecule has 1 N–H and O–H groups in total. The van der Waals surface area contributed by atoms with Crippen LogP contribution in [-0.4, -0.2) is 53.5 Å². The molecule has 5 aliphatic carbocycles. The number of ketones is 1. The van der Waals surface area contributed by atoms with Crippen LogP contribution >= 0.6 is 0 Å². The first-order valence-corrected chi connectivity index (χ1v) is 18.4. The average molecular weight is 624 g/mol. The zero-order valence-electron chi connectivity index (χ0n) is 29.5. The Bertz CT molecular complexity index is 1250. The number of carbonyl (C=O) groups is 3. The van der Waals surface area contributed by atoms with Gasteiger partial charge in [-0.3, -0.25) is 19.3 Å². The Morgan fingerprint density at radius 3 is 2.27 bits per heavy atom. The van der Waals surface area contributed by atoms with Gasteiger partial charge in [0.15, 0.2) is 5.78 Å². The smallest absolute Gasteiger partial charge is 0.320 e. The molecule has 2 unspecified atom stereocenters. The molecular formula is C39H61NO5. The molecule has 1 heterocycles. The second-order valence-corrected chi connectivity index (χ2v) is 18.3. The third-order valence-corrected chi connectivity index (χ3v) is 15.9. The molecule has 1 aliphatic heterocycles. The molecule has 6 rings (SSSR count). The Labute approximate surface area is 272 Å². The number of carboxylic acids is 1. The number of esters is 1. The third-order valence-electron chi connectivity index (χ3n) is 15.9. The van der Waals surface area contributed by atoms with Crippen molar-refractivity contribution in [3.63, 3.8) is 0 Å². The van der Waals surface area contributed by atoms with Gasteiger partial charge in [-0.05, 0) is 135 Å². The predicted octanol–water partition coefficient (Wildman–Crippen LogP) is 7.94. The number of carboxylic acid groups (broad SMARTS) is 1. The van der Waals surface area contributed by atoms with Crippen molar-refractivity contribution in [2.75, 3.05) is 19.6 Å². The molecule has 0 amide bonds. The number of allylic oxidation sites excluding steroid dienone is 2. The highest BCUT2D eigenvalue weighted by Gasteiger charge is 2.72. The molecule has 0 radical (unpaired) electrons. The van der Waals surface area contributed by atoms with Crippen molar-refractivity contribution in [2.24, 2.45) is 62.6 Å². The number of fused-ring (bicyclic) bond motifs is 7. The van der Waals surface area contributed by atoms with E-state index in [1.807, 2.05) is 0 Å². The summed E-state index contributed by atoms with van der Waals surface area (Å²) in [6, 6.07) is 0. The fourth-order valence-corrected chi connectivity index (χ4v) is 12.8. The number of ether oxygens (including phenoxy) is 1. The van der Waals surface area contributed by atoms with Gasteiger partial charge in [-0.15, -0.1) is 0 Å². The number of hydrogen-bond acceptors (Lipinski definition) is 5. The zero-order chi connectivity index (χ0) is 32.7. The van der Waals surface area contributed by atoms with Crippen LogP contribution in [-0.2, 0) is 19.1 Å². The number of carbonyl (C=O) groups excluding carboxylic acids is 2. The van der Waals surface area contributed by atoms with Crippen molar-refractivity contribution < 1.29 is 24.2 Å². The van der Waals surface area contributed by atoms with Gasteiger partial charge < -0.3 is 9.84 Å². The fraction of sp³-hybridized carbons (Fsp3) is 0.872. The molecule has 45 heavy (non-hydrogen) atoms. The molecule has 0 aromatic carbocycles. The van der Waals surface area contributed by atoms with Crippen molar-refractivity contribution in [3.8, 4) is 0 Å². The molecule has 0 aromatic rings. The lowest BCUT2D eigenvalue weighted by atomic mass is 9.33. The maximum absolute atomic E-state index is 14.9. The molecule has 1 saturated heterocycles. The lowest BCUT2D eigenvalue weighted by Crippen LogP contribution is -2.69. The van der Waals surface area contributed by atoms with E-state index in [-0.39, 0.29) is 46.3 Å². The van der Waals surface area contributed by atoms with Gasteiger partial charge in [-0.2, -0.15) is 0 Å². The number of piperidine rings is 1. The van der Waals surface area contributed by atoms with Crippen LogP contribution in [0.4, 0.5) is 0 Å². The van der Waals surface area contributed by atoms with E-state index in [0.717, 1.165) is 45.2 Å². The van der Waals surface area contributed by atoms with Gasteiger partial charge in [0.25, 0.3) is 0 Å². The van der Waals surface area contributed by atoms with Gasteiger partial charge >= 0.3 is 11.9 Å². The normalized spacial score (nSPS) is 48.7. The Balaban J connectivity index is 1.40. The highest BCUT2D eigenvalue weighted by atomic mass is 16.5. The van der Waals surface area contributed by atoms with Gasteiger partial charge in [-0.25, -0.2) is 0 Å². The highest BCUT2D eigenvalue weighted by molar-refractivity contribution is 5.96. The van der Waals surface area contributed by atoms with Crippen LogP contribution in [0.5, 0.6) is 0 Å². The first kappa shape index (κ1) is 33.2. The fourth-order valence-electron chi connectivity index (χ4n) is 12.8. The highest BCUT2D eigenvalue weighted by Crippen LogP contribution is 2.75. The first-order valence-electron chi connectivity index (χ1n) is 18.4. The third kappa shape index (κ3) is 5.00. The van der Waals surface area contributed by atoms with Crippen molar-refractivity contribution >= 4 is 17.7 Å². The summed E-state index contributed by atoms with van der Waals surface area (Å²) in [5, 5.41) is 10.1. The lowest BCUT2D eigenvalue weighted by Gasteiger charge is -2.71. The summed E-state index contributed by atoms with van der Waals surface area (Å²) >= 11 is 0. The Hall–Kier alpha value is -1.69. The SMILES string of the molecule is CC1CCN(CC(=O)OC2CCC(C)(CC(=O)O)[C@@H]3CC[C@]4(C)[C@H](C(=O)C=C5[C@@H]6[C@@H](C)[C@H](C)CC[C@]6(C)CC[C@]54C)[C@@]23C)CC1. The van der Waals surface area contributed by atoms with E-state index in [0.29, 0.717) is 43.1 Å².